The summed E-state index contributed by atoms with van der Waals surface area (Å²) in [4.78, 5) is 13.9. The first-order valence-corrected chi connectivity index (χ1v) is 5.77. The van der Waals surface area contributed by atoms with Gasteiger partial charge in [0, 0.05) is 24.3 Å². The highest BCUT2D eigenvalue weighted by Crippen LogP contribution is 2.23. The molecule has 92 valence electrons. The average Bonchev–Trinajstić information content (AvgIpc) is 2.58. The Morgan fingerprint density at radius 3 is 2.76 bits per heavy atom. The lowest BCUT2D eigenvalue weighted by Crippen LogP contribution is -2.34. The summed E-state index contributed by atoms with van der Waals surface area (Å²) < 4.78 is 0. The number of benzene rings is 1. The first-order chi connectivity index (χ1) is 7.89. The lowest BCUT2D eigenvalue weighted by molar-refractivity contribution is 0.0571. The maximum atomic E-state index is 12.2. The molecule has 1 unspecified atom stereocenters. The SMILES string of the molecule is Cc1cc(N)ccc1C(=O)N1CCC(C)(O)C1. The molecule has 0 radical (unpaired) electrons. The van der Waals surface area contributed by atoms with E-state index in [1.54, 1.807) is 30.0 Å². The number of nitrogens with two attached hydrogens (primary N) is 1. The maximum absolute atomic E-state index is 12.2. The van der Waals surface area contributed by atoms with Crippen LogP contribution in [0.25, 0.3) is 0 Å². The van der Waals surface area contributed by atoms with Crippen molar-refractivity contribution in [3.8, 4) is 0 Å². The Morgan fingerprint density at radius 2 is 2.24 bits per heavy atom. The standard InChI is InChI=1S/C13H18N2O2/c1-9-7-10(14)3-4-11(9)12(16)15-6-5-13(2,17)8-15/h3-4,7,17H,5-6,8,14H2,1-2H3. The van der Waals surface area contributed by atoms with Crippen LogP contribution < -0.4 is 5.73 Å². The third-order valence-electron chi connectivity index (χ3n) is 3.22. The van der Waals surface area contributed by atoms with Crippen molar-refractivity contribution in [3.05, 3.63) is 29.3 Å². The number of β-amino-alcohol motifs (C(OH)–C–C–N with tert-alkyl or cyclic N) is 1. The van der Waals surface area contributed by atoms with Gasteiger partial charge < -0.3 is 15.7 Å². The first kappa shape index (κ1) is 11.9. The van der Waals surface area contributed by atoms with Crippen LogP contribution in [0.3, 0.4) is 0 Å². The molecule has 1 aromatic carbocycles. The lowest BCUT2D eigenvalue weighted by atomic mass is 10.1. The van der Waals surface area contributed by atoms with Gasteiger partial charge in [-0.05, 0) is 44.0 Å². The number of carbonyl (C=O) groups is 1. The van der Waals surface area contributed by atoms with E-state index in [4.69, 9.17) is 5.73 Å². The number of anilines is 1. The zero-order valence-electron chi connectivity index (χ0n) is 10.2. The van der Waals surface area contributed by atoms with Gasteiger partial charge in [0.05, 0.1) is 5.60 Å². The van der Waals surface area contributed by atoms with Gasteiger partial charge in [-0.15, -0.1) is 0 Å². The summed E-state index contributed by atoms with van der Waals surface area (Å²) in [7, 11) is 0. The van der Waals surface area contributed by atoms with Crippen molar-refractivity contribution in [2.45, 2.75) is 25.9 Å². The van der Waals surface area contributed by atoms with Crippen LogP contribution in [0.4, 0.5) is 5.69 Å². The van der Waals surface area contributed by atoms with Gasteiger partial charge in [0.1, 0.15) is 0 Å². The average molecular weight is 234 g/mol. The van der Waals surface area contributed by atoms with E-state index in [1.165, 1.54) is 0 Å². The molecule has 17 heavy (non-hydrogen) atoms. The van der Waals surface area contributed by atoms with Gasteiger partial charge >= 0.3 is 0 Å². The fourth-order valence-corrected chi connectivity index (χ4v) is 2.22. The summed E-state index contributed by atoms with van der Waals surface area (Å²) in [5.41, 5.74) is 7.11. The summed E-state index contributed by atoms with van der Waals surface area (Å²) >= 11 is 0. The van der Waals surface area contributed by atoms with Gasteiger partial charge in [0.15, 0.2) is 0 Å². The molecule has 1 amide bonds. The van der Waals surface area contributed by atoms with Crippen molar-refractivity contribution in [1.82, 2.24) is 4.90 Å². The number of aryl methyl sites for hydroxylation is 1. The monoisotopic (exact) mass is 234 g/mol. The Hall–Kier alpha value is -1.55. The van der Waals surface area contributed by atoms with E-state index in [0.717, 1.165) is 5.56 Å². The second-order valence-corrected chi connectivity index (χ2v) is 5.05. The molecule has 1 aromatic rings. The highest BCUT2D eigenvalue weighted by molar-refractivity contribution is 5.96. The third-order valence-corrected chi connectivity index (χ3v) is 3.22. The number of hydrogen-bond donors (Lipinski definition) is 2. The van der Waals surface area contributed by atoms with Crippen LogP contribution in [0.15, 0.2) is 18.2 Å². The molecule has 4 heteroatoms. The minimum atomic E-state index is -0.753. The minimum absolute atomic E-state index is 0.0275. The fraction of sp³-hybridized carbons (Fsp3) is 0.462. The molecular formula is C13H18N2O2. The van der Waals surface area contributed by atoms with E-state index in [2.05, 4.69) is 0 Å². The lowest BCUT2D eigenvalue weighted by Gasteiger charge is -2.20. The highest BCUT2D eigenvalue weighted by atomic mass is 16.3. The Kier molecular flexibility index (Phi) is 2.83. The molecule has 1 heterocycles. The van der Waals surface area contributed by atoms with Crippen LogP contribution in [-0.2, 0) is 0 Å². The smallest absolute Gasteiger partial charge is 0.254 e. The topological polar surface area (TPSA) is 66.6 Å². The molecular weight excluding hydrogens is 216 g/mol. The summed E-state index contributed by atoms with van der Waals surface area (Å²) in [6.07, 6.45) is 0.632. The zero-order valence-corrected chi connectivity index (χ0v) is 10.2. The number of nitrogens with zero attached hydrogens (tertiary/aromatic N) is 1. The van der Waals surface area contributed by atoms with Gasteiger partial charge in [-0.2, -0.15) is 0 Å². The van der Waals surface area contributed by atoms with Crippen LogP contribution in [0, 0.1) is 6.92 Å². The van der Waals surface area contributed by atoms with Crippen LogP contribution in [0.2, 0.25) is 0 Å². The number of likely N-dealkylation sites (tertiary alicyclic amines) is 1. The van der Waals surface area contributed by atoms with E-state index >= 15 is 0 Å². The minimum Gasteiger partial charge on any atom is -0.399 e. The van der Waals surface area contributed by atoms with E-state index in [9.17, 15) is 9.90 Å². The van der Waals surface area contributed by atoms with Crippen molar-refractivity contribution >= 4 is 11.6 Å². The molecule has 1 atom stereocenters. The Labute approximate surface area is 101 Å². The molecule has 2 rings (SSSR count). The highest BCUT2D eigenvalue weighted by Gasteiger charge is 2.34. The summed E-state index contributed by atoms with van der Waals surface area (Å²) in [5, 5.41) is 9.86. The number of amides is 1. The molecule has 3 N–H and O–H groups in total. The molecule has 0 aliphatic carbocycles. The Morgan fingerprint density at radius 1 is 1.53 bits per heavy atom. The predicted octanol–water partition coefficient (Wildman–Crippen LogP) is 1.17. The van der Waals surface area contributed by atoms with Gasteiger partial charge in [-0.3, -0.25) is 4.79 Å². The number of nitrogen functional groups attached to an aromatic ring is 1. The molecule has 0 aromatic heterocycles. The molecule has 1 aliphatic heterocycles. The van der Waals surface area contributed by atoms with Crippen molar-refractivity contribution < 1.29 is 9.90 Å². The molecule has 1 fully saturated rings. The molecule has 0 spiro atoms. The second-order valence-electron chi connectivity index (χ2n) is 5.05. The van der Waals surface area contributed by atoms with E-state index in [0.29, 0.717) is 30.8 Å². The number of aliphatic hydroxyl groups is 1. The van der Waals surface area contributed by atoms with Crippen molar-refractivity contribution in [2.75, 3.05) is 18.8 Å². The normalized spacial score (nSPS) is 24.1. The quantitative estimate of drug-likeness (QED) is 0.717. The summed E-state index contributed by atoms with van der Waals surface area (Å²) in [5.74, 6) is -0.0275. The van der Waals surface area contributed by atoms with Gasteiger partial charge in [-0.25, -0.2) is 0 Å². The Balaban J connectivity index is 2.21. The summed E-state index contributed by atoms with van der Waals surface area (Å²) in [6.45, 7) is 4.64. The molecule has 0 saturated carbocycles. The number of carbonyl (C=O) groups excluding carboxylic acids is 1. The zero-order chi connectivity index (χ0) is 12.6. The van der Waals surface area contributed by atoms with E-state index in [-0.39, 0.29) is 5.91 Å². The van der Waals surface area contributed by atoms with Crippen molar-refractivity contribution in [1.29, 1.82) is 0 Å². The van der Waals surface area contributed by atoms with E-state index < -0.39 is 5.60 Å². The van der Waals surface area contributed by atoms with Gasteiger partial charge in [0.2, 0.25) is 0 Å². The fourth-order valence-electron chi connectivity index (χ4n) is 2.22. The van der Waals surface area contributed by atoms with Crippen molar-refractivity contribution in [2.24, 2.45) is 0 Å². The van der Waals surface area contributed by atoms with Crippen LogP contribution in [-0.4, -0.2) is 34.6 Å². The molecule has 4 nitrogen and oxygen atoms in total. The van der Waals surface area contributed by atoms with Gasteiger partial charge in [0.25, 0.3) is 5.91 Å². The number of rotatable bonds is 1. The third kappa shape index (κ3) is 2.42. The Bertz CT molecular complexity index is 455. The van der Waals surface area contributed by atoms with Crippen LogP contribution in [0.1, 0.15) is 29.3 Å². The molecule has 1 saturated heterocycles. The maximum Gasteiger partial charge on any atom is 0.254 e. The molecule has 0 bridgehead atoms. The first-order valence-electron chi connectivity index (χ1n) is 5.77. The van der Waals surface area contributed by atoms with Crippen molar-refractivity contribution in [3.63, 3.8) is 0 Å². The van der Waals surface area contributed by atoms with Gasteiger partial charge in [-0.1, -0.05) is 0 Å². The second kappa shape index (κ2) is 4.04. The predicted molar refractivity (Wildman–Crippen MR) is 66.7 cm³/mol. The van der Waals surface area contributed by atoms with Crippen LogP contribution >= 0.6 is 0 Å². The van der Waals surface area contributed by atoms with E-state index in [1.807, 2.05) is 6.92 Å². The summed E-state index contributed by atoms with van der Waals surface area (Å²) in [6, 6.07) is 5.27. The molecule has 1 aliphatic rings. The number of hydrogen-bond acceptors (Lipinski definition) is 3. The largest absolute Gasteiger partial charge is 0.399 e. The van der Waals surface area contributed by atoms with Crippen LogP contribution in [0.5, 0.6) is 0 Å².